The Bertz CT molecular complexity index is 1080. The number of anilines is 1. The Hall–Kier alpha value is -3.29. The Balaban J connectivity index is 1.16. The van der Waals surface area contributed by atoms with Crippen molar-refractivity contribution in [1.29, 1.82) is 0 Å². The molecule has 2 aromatic heterocycles. The van der Waals surface area contributed by atoms with Gasteiger partial charge in [-0.25, -0.2) is 4.98 Å². The number of nitrogens with one attached hydrogen (secondary N) is 1. The highest BCUT2D eigenvalue weighted by molar-refractivity contribution is 5.95. The van der Waals surface area contributed by atoms with Gasteiger partial charge in [-0.3, -0.25) is 14.7 Å². The van der Waals surface area contributed by atoms with E-state index in [0.717, 1.165) is 75.9 Å². The molecule has 1 N–H and O–H groups in total. The number of carbonyl (C=O) groups excluding carboxylic acids is 1. The second-order valence-corrected chi connectivity index (χ2v) is 8.94. The Morgan fingerprint density at radius 1 is 0.971 bits per heavy atom. The molecule has 0 atom stereocenters. The molecule has 0 saturated carbocycles. The van der Waals surface area contributed by atoms with E-state index in [4.69, 9.17) is 4.74 Å². The third-order valence-electron chi connectivity index (χ3n) is 6.57. The first-order chi connectivity index (χ1) is 16.7. The van der Waals surface area contributed by atoms with Gasteiger partial charge in [0, 0.05) is 62.3 Å². The minimum Gasteiger partial charge on any atom is -0.378 e. The standard InChI is InChI=1S/C27H31N5O2/c33-27(30-24-9-12-31(13-10-24)20-21-4-2-1-3-5-21)22-8-11-28-25(18-22)23-6-7-26(29-19-23)32-14-16-34-17-15-32/h1-8,11,18-19,24H,9-10,12-17,20H2,(H,30,33). The maximum Gasteiger partial charge on any atom is 0.251 e. The smallest absolute Gasteiger partial charge is 0.251 e. The van der Waals surface area contributed by atoms with E-state index in [1.807, 2.05) is 30.5 Å². The van der Waals surface area contributed by atoms with Crippen molar-refractivity contribution >= 4 is 11.7 Å². The summed E-state index contributed by atoms with van der Waals surface area (Å²) in [5.74, 6) is 0.905. The number of likely N-dealkylation sites (tertiary alicyclic amines) is 1. The molecule has 2 aliphatic heterocycles. The molecule has 2 fully saturated rings. The highest BCUT2D eigenvalue weighted by atomic mass is 16.5. The van der Waals surface area contributed by atoms with Gasteiger partial charge in [0.2, 0.25) is 0 Å². The number of rotatable bonds is 6. The minimum atomic E-state index is -0.0388. The number of hydrogen-bond acceptors (Lipinski definition) is 6. The predicted molar refractivity (Wildman–Crippen MR) is 133 cm³/mol. The molecule has 3 aromatic rings. The fraction of sp³-hybridized carbons (Fsp3) is 0.370. The summed E-state index contributed by atoms with van der Waals surface area (Å²) >= 11 is 0. The van der Waals surface area contributed by atoms with Crippen molar-refractivity contribution in [2.45, 2.75) is 25.4 Å². The van der Waals surface area contributed by atoms with Gasteiger partial charge in [-0.05, 0) is 42.7 Å². The summed E-state index contributed by atoms with van der Waals surface area (Å²) in [4.78, 5) is 26.7. The Morgan fingerprint density at radius 3 is 2.50 bits per heavy atom. The normalized spacial score (nSPS) is 17.5. The number of pyridine rings is 2. The van der Waals surface area contributed by atoms with Crippen LogP contribution in [0, 0.1) is 0 Å². The third-order valence-corrected chi connectivity index (χ3v) is 6.57. The number of carbonyl (C=O) groups is 1. The molecule has 176 valence electrons. The molecular formula is C27H31N5O2. The zero-order valence-electron chi connectivity index (χ0n) is 19.4. The zero-order chi connectivity index (χ0) is 23.2. The van der Waals surface area contributed by atoms with Gasteiger partial charge in [0.05, 0.1) is 18.9 Å². The summed E-state index contributed by atoms with van der Waals surface area (Å²) in [6, 6.07) is 18.4. The van der Waals surface area contributed by atoms with Crippen molar-refractivity contribution < 1.29 is 9.53 Å². The van der Waals surface area contributed by atoms with E-state index < -0.39 is 0 Å². The monoisotopic (exact) mass is 457 g/mol. The third kappa shape index (κ3) is 5.61. The first-order valence-electron chi connectivity index (χ1n) is 12.1. The fourth-order valence-corrected chi connectivity index (χ4v) is 4.59. The molecule has 2 aliphatic rings. The molecule has 7 heteroatoms. The van der Waals surface area contributed by atoms with Gasteiger partial charge in [0.15, 0.2) is 0 Å². The Morgan fingerprint density at radius 2 is 1.76 bits per heavy atom. The fourth-order valence-electron chi connectivity index (χ4n) is 4.59. The molecule has 1 amide bonds. The molecule has 0 radical (unpaired) electrons. The number of benzene rings is 1. The number of piperidine rings is 1. The molecule has 0 spiro atoms. The molecule has 2 saturated heterocycles. The lowest BCUT2D eigenvalue weighted by Gasteiger charge is -2.32. The average Bonchev–Trinajstić information content (AvgIpc) is 2.91. The molecular weight excluding hydrogens is 426 g/mol. The Kier molecular flexibility index (Phi) is 7.12. The van der Waals surface area contributed by atoms with E-state index in [0.29, 0.717) is 5.56 Å². The molecule has 0 bridgehead atoms. The topological polar surface area (TPSA) is 70.6 Å². The van der Waals surface area contributed by atoms with Crippen LogP contribution in [0.25, 0.3) is 11.3 Å². The van der Waals surface area contributed by atoms with E-state index in [9.17, 15) is 4.79 Å². The van der Waals surface area contributed by atoms with Crippen LogP contribution in [-0.4, -0.2) is 66.2 Å². The van der Waals surface area contributed by atoms with Crippen molar-refractivity contribution in [1.82, 2.24) is 20.2 Å². The lowest BCUT2D eigenvalue weighted by atomic mass is 10.0. The number of morpholine rings is 1. The van der Waals surface area contributed by atoms with Crippen molar-refractivity contribution in [3.05, 3.63) is 78.1 Å². The van der Waals surface area contributed by atoms with E-state index in [1.165, 1.54) is 5.56 Å². The predicted octanol–water partition coefficient (Wildman–Crippen LogP) is 3.37. The van der Waals surface area contributed by atoms with E-state index >= 15 is 0 Å². The van der Waals surface area contributed by atoms with Gasteiger partial charge in [-0.15, -0.1) is 0 Å². The van der Waals surface area contributed by atoms with Crippen LogP contribution in [0.1, 0.15) is 28.8 Å². The van der Waals surface area contributed by atoms with Crippen LogP contribution in [0.4, 0.5) is 5.82 Å². The number of ether oxygens (including phenoxy) is 1. The largest absolute Gasteiger partial charge is 0.378 e. The number of aromatic nitrogens is 2. The number of amides is 1. The number of hydrogen-bond donors (Lipinski definition) is 1. The van der Waals surface area contributed by atoms with Gasteiger partial charge in [0.1, 0.15) is 5.82 Å². The second kappa shape index (κ2) is 10.8. The molecule has 0 aliphatic carbocycles. The van der Waals surface area contributed by atoms with Crippen molar-refractivity contribution in [2.75, 3.05) is 44.3 Å². The van der Waals surface area contributed by atoms with Gasteiger partial charge in [-0.2, -0.15) is 0 Å². The summed E-state index contributed by atoms with van der Waals surface area (Å²) in [5.41, 5.74) is 3.63. The van der Waals surface area contributed by atoms with Crippen LogP contribution >= 0.6 is 0 Å². The van der Waals surface area contributed by atoms with Crippen molar-refractivity contribution in [3.63, 3.8) is 0 Å². The SMILES string of the molecule is O=C(NC1CCN(Cc2ccccc2)CC1)c1ccnc(-c2ccc(N3CCOCC3)nc2)c1. The van der Waals surface area contributed by atoms with E-state index in [1.54, 1.807) is 12.3 Å². The minimum absolute atomic E-state index is 0.0388. The second-order valence-electron chi connectivity index (χ2n) is 8.94. The molecule has 34 heavy (non-hydrogen) atoms. The Labute approximate surface area is 200 Å². The average molecular weight is 458 g/mol. The van der Waals surface area contributed by atoms with Crippen LogP contribution in [0.15, 0.2) is 67.0 Å². The molecule has 0 unspecified atom stereocenters. The highest BCUT2D eigenvalue weighted by Crippen LogP contribution is 2.21. The van der Waals surface area contributed by atoms with Gasteiger partial charge in [0.25, 0.3) is 5.91 Å². The summed E-state index contributed by atoms with van der Waals surface area (Å²) in [5, 5.41) is 3.22. The van der Waals surface area contributed by atoms with Crippen LogP contribution in [0.3, 0.4) is 0 Å². The molecule has 7 nitrogen and oxygen atoms in total. The van der Waals surface area contributed by atoms with Crippen molar-refractivity contribution in [3.8, 4) is 11.3 Å². The lowest BCUT2D eigenvalue weighted by Crippen LogP contribution is -2.44. The van der Waals surface area contributed by atoms with Gasteiger partial charge in [-0.1, -0.05) is 30.3 Å². The summed E-state index contributed by atoms with van der Waals surface area (Å²) in [6.07, 6.45) is 5.45. The van der Waals surface area contributed by atoms with Crippen LogP contribution in [0.5, 0.6) is 0 Å². The number of nitrogens with zero attached hydrogens (tertiary/aromatic N) is 4. The van der Waals surface area contributed by atoms with E-state index in [2.05, 4.69) is 49.4 Å². The maximum atomic E-state index is 12.9. The molecule has 1 aromatic carbocycles. The van der Waals surface area contributed by atoms with Crippen LogP contribution in [0.2, 0.25) is 0 Å². The van der Waals surface area contributed by atoms with E-state index in [-0.39, 0.29) is 11.9 Å². The first-order valence-corrected chi connectivity index (χ1v) is 12.1. The summed E-state index contributed by atoms with van der Waals surface area (Å²) in [7, 11) is 0. The van der Waals surface area contributed by atoms with Gasteiger partial charge < -0.3 is 15.0 Å². The first kappa shape index (κ1) is 22.5. The van der Waals surface area contributed by atoms with Crippen molar-refractivity contribution in [2.24, 2.45) is 0 Å². The van der Waals surface area contributed by atoms with Crippen LogP contribution in [-0.2, 0) is 11.3 Å². The molecule has 5 rings (SSSR count). The zero-order valence-corrected chi connectivity index (χ0v) is 19.4. The van der Waals surface area contributed by atoms with Gasteiger partial charge >= 0.3 is 0 Å². The maximum absolute atomic E-state index is 12.9. The van der Waals surface area contributed by atoms with Crippen LogP contribution < -0.4 is 10.2 Å². The summed E-state index contributed by atoms with van der Waals surface area (Å²) in [6.45, 7) is 6.11. The lowest BCUT2D eigenvalue weighted by molar-refractivity contribution is 0.0909. The summed E-state index contributed by atoms with van der Waals surface area (Å²) < 4.78 is 5.41. The highest BCUT2D eigenvalue weighted by Gasteiger charge is 2.21. The quantitative estimate of drug-likeness (QED) is 0.612. The molecule has 4 heterocycles.